The van der Waals surface area contributed by atoms with Crippen molar-refractivity contribution in [2.24, 2.45) is 0 Å². The number of unbranched alkanes of at least 4 members (excludes halogenated alkanes) is 1. The van der Waals surface area contributed by atoms with Crippen LogP contribution in [0.5, 0.6) is 11.5 Å². The van der Waals surface area contributed by atoms with E-state index in [9.17, 15) is 0 Å². The van der Waals surface area contributed by atoms with Crippen LogP contribution in [0.1, 0.15) is 30.9 Å². The number of hydrogen-bond donors (Lipinski definition) is 1. The molecule has 0 saturated carbocycles. The summed E-state index contributed by atoms with van der Waals surface area (Å²) in [4.78, 5) is 6.82. The molecule has 0 saturated heterocycles. The van der Waals surface area contributed by atoms with Crippen LogP contribution >= 0.6 is 0 Å². The Hall–Kier alpha value is -2.57. The number of benzene rings is 1. The molecule has 7 nitrogen and oxygen atoms in total. The van der Waals surface area contributed by atoms with Gasteiger partial charge in [-0.25, -0.2) is 0 Å². The van der Waals surface area contributed by atoms with Crippen LogP contribution in [0.25, 0.3) is 0 Å². The summed E-state index contributed by atoms with van der Waals surface area (Å²) in [5.41, 5.74) is 2.51. The topological polar surface area (TPSA) is 72.4 Å². The molecule has 0 amide bonds. The van der Waals surface area contributed by atoms with Crippen LogP contribution in [-0.2, 0) is 13.0 Å². The van der Waals surface area contributed by atoms with Crippen LogP contribution in [0.2, 0.25) is 0 Å². The van der Waals surface area contributed by atoms with Crippen LogP contribution in [0, 0.1) is 0 Å². The van der Waals surface area contributed by atoms with Gasteiger partial charge in [-0.2, -0.15) is 10.1 Å². The molecule has 7 heteroatoms. The lowest BCUT2D eigenvalue weighted by Crippen LogP contribution is -2.31. The predicted octanol–water partition coefficient (Wildman–Crippen LogP) is 2.66. The summed E-state index contributed by atoms with van der Waals surface area (Å²) in [6.45, 7) is 4.67. The smallest absolute Gasteiger partial charge is 0.244 e. The van der Waals surface area contributed by atoms with Crippen molar-refractivity contribution in [3.8, 4) is 11.5 Å². The minimum atomic E-state index is 0.587. The highest BCUT2D eigenvalue weighted by Crippen LogP contribution is 2.34. The Morgan fingerprint density at radius 1 is 1.16 bits per heavy atom. The zero-order valence-electron chi connectivity index (χ0n) is 15.1. The fourth-order valence-electron chi connectivity index (χ4n) is 2.98. The summed E-state index contributed by atoms with van der Waals surface area (Å²) in [6, 6.07) is 4.12. The van der Waals surface area contributed by atoms with Crippen molar-refractivity contribution in [2.45, 2.75) is 32.7 Å². The minimum Gasteiger partial charge on any atom is -0.493 e. The molecule has 2 aromatic rings. The lowest BCUT2D eigenvalue weighted by Gasteiger charge is -2.30. The fourth-order valence-corrected chi connectivity index (χ4v) is 2.98. The van der Waals surface area contributed by atoms with E-state index in [4.69, 9.17) is 9.47 Å². The average Bonchev–Trinajstić information content (AvgIpc) is 2.67. The third-order valence-electron chi connectivity index (χ3n) is 4.40. The molecule has 0 bridgehead atoms. The maximum Gasteiger partial charge on any atom is 0.244 e. The molecule has 3 rings (SSSR count). The molecular formula is C18H25N5O2. The van der Waals surface area contributed by atoms with E-state index in [1.807, 2.05) is 0 Å². The van der Waals surface area contributed by atoms with E-state index < -0.39 is 0 Å². The Morgan fingerprint density at radius 2 is 1.92 bits per heavy atom. The maximum atomic E-state index is 5.43. The van der Waals surface area contributed by atoms with Crippen molar-refractivity contribution in [1.29, 1.82) is 0 Å². The van der Waals surface area contributed by atoms with Gasteiger partial charge in [-0.3, -0.25) is 0 Å². The van der Waals surface area contributed by atoms with Gasteiger partial charge in [0, 0.05) is 19.6 Å². The molecule has 0 spiro atoms. The highest BCUT2D eigenvalue weighted by atomic mass is 16.5. The standard InChI is InChI=1S/C18H25N5O2/c1-4-5-7-19-18-21-17(11-20-22-18)23-8-6-13-9-15(24-2)16(25-3)10-14(13)12-23/h9-11H,4-8,12H2,1-3H3,(H,19,21,22). The van der Waals surface area contributed by atoms with E-state index in [0.29, 0.717) is 5.95 Å². The first-order valence-corrected chi connectivity index (χ1v) is 8.67. The van der Waals surface area contributed by atoms with E-state index in [1.165, 1.54) is 11.1 Å². The zero-order chi connectivity index (χ0) is 17.6. The van der Waals surface area contributed by atoms with Crippen molar-refractivity contribution in [1.82, 2.24) is 15.2 Å². The van der Waals surface area contributed by atoms with Crippen LogP contribution < -0.4 is 19.7 Å². The summed E-state index contributed by atoms with van der Waals surface area (Å²) in [6.07, 6.45) is 4.87. The summed E-state index contributed by atoms with van der Waals surface area (Å²) < 4.78 is 10.8. The van der Waals surface area contributed by atoms with Gasteiger partial charge in [-0.15, -0.1) is 5.10 Å². The van der Waals surface area contributed by atoms with E-state index >= 15 is 0 Å². The number of methoxy groups -OCH3 is 2. The van der Waals surface area contributed by atoms with Crippen molar-refractivity contribution < 1.29 is 9.47 Å². The minimum absolute atomic E-state index is 0.587. The molecular weight excluding hydrogens is 318 g/mol. The monoisotopic (exact) mass is 343 g/mol. The first-order chi connectivity index (χ1) is 12.2. The van der Waals surface area contributed by atoms with Gasteiger partial charge in [-0.05, 0) is 36.1 Å². The predicted molar refractivity (Wildman–Crippen MR) is 97.5 cm³/mol. The molecule has 1 aromatic carbocycles. The lowest BCUT2D eigenvalue weighted by molar-refractivity contribution is 0.353. The van der Waals surface area contributed by atoms with E-state index in [2.05, 4.69) is 44.5 Å². The van der Waals surface area contributed by atoms with Crippen molar-refractivity contribution in [3.63, 3.8) is 0 Å². The van der Waals surface area contributed by atoms with Crippen molar-refractivity contribution in [3.05, 3.63) is 29.5 Å². The van der Waals surface area contributed by atoms with Gasteiger partial charge in [0.25, 0.3) is 0 Å². The number of aromatic nitrogens is 3. The fraction of sp³-hybridized carbons (Fsp3) is 0.500. The largest absolute Gasteiger partial charge is 0.493 e. The average molecular weight is 343 g/mol. The molecule has 0 atom stereocenters. The second kappa shape index (κ2) is 8.00. The quantitative estimate of drug-likeness (QED) is 0.775. The number of fused-ring (bicyclic) bond motifs is 1. The SMILES string of the molecule is CCCCNc1nncc(N2CCc3cc(OC)c(OC)cc3C2)n1. The number of anilines is 2. The highest BCUT2D eigenvalue weighted by molar-refractivity contribution is 5.52. The van der Waals surface area contributed by atoms with Crippen molar-refractivity contribution in [2.75, 3.05) is 37.5 Å². The summed E-state index contributed by atoms with van der Waals surface area (Å²) in [5.74, 6) is 2.96. The third kappa shape index (κ3) is 3.92. The summed E-state index contributed by atoms with van der Waals surface area (Å²) in [7, 11) is 3.33. The maximum absolute atomic E-state index is 5.43. The van der Waals surface area contributed by atoms with E-state index in [1.54, 1.807) is 20.4 Å². The Morgan fingerprint density at radius 3 is 2.64 bits per heavy atom. The van der Waals surface area contributed by atoms with Gasteiger partial charge in [0.05, 0.1) is 20.4 Å². The molecule has 0 fully saturated rings. The molecule has 0 aliphatic carbocycles. The normalized spacial score (nSPS) is 13.3. The Labute approximate surface area is 148 Å². The number of hydrogen-bond acceptors (Lipinski definition) is 7. The molecule has 0 radical (unpaired) electrons. The van der Waals surface area contributed by atoms with Crippen molar-refractivity contribution >= 4 is 11.8 Å². The molecule has 1 aromatic heterocycles. The van der Waals surface area contributed by atoms with Crippen LogP contribution in [-0.4, -0.2) is 42.5 Å². The van der Waals surface area contributed by atoms with Crippen LogP contribution in [0.15, 0.2) is 18.3 Å². The molecule has 1 aliphatic rings. The molecule has 1 aliphatic heterocycles. The highest BCUT2D eigenvalue weighted by Gasteiger charge is 2.21. The first-order valence-electron chi connectivity index (χ1n) is 8.67. The molecule has 0 unspecified atom stereocenters. The molecule has 25 heavy (non-hydrogen) atoms. The number of rotatable bonds is 7. The summed E-state index contributed by atoms with van der Waals surface area (Å²) >= 11 is 0. The second-order valence-electron chi connectivity index (χ2n) is 6.07. The van der Waals surface area contributed by atoms with Crippen LogP contribution in [0.3, 0.4) is 0 Å². The Balaban J connectivity index is 1.77. The van der Waals surface area contributed by atoms with E-state index in [0.717, 1.165) is 56.2 Å². The van der Waals surface area contributed by atoms with E-state index in [-0.39, 0.29) is 0 Å². The molecule has 2 heterocycles. The van der Waals surface area contributed by atoms with Gasteiger partial charge in [0.15, 0.2) is 17.3 Å². The first kappa shape index (κ1) is 17.3. The van der Waals surface area contributed by atoms with Gasteiger partial charge >= 0.3 is 0 Å². The van der Waals surface area contributed by atoms with Gasteiger partial charge in [0.2, 0.25) is 5.95 Å². The number of ether oxygens (including phenoxy) is 2. The van der Waals surface area contributed by atoms with Gasteiger partial charge in [0.1, 0.15) is 0 Å². The van der Waals surface area contributed by atoms with Crippen LogP contribution in [0.4, 0.5) is 11.8 Å². The van der Waals surface area contributed by atoms with Gasteiger partial charge in [-0.1, -0.05) is 13.3 Å². The number of nitrogens with one attached hydrogen (secondary N) is 1. The third-order valence-corrected chi connectivity index (χ3v) is 4.40. The summed E-state index contributed by atoms with van der Waals surface area (Å²) in [5, 5.41) is 11.4. The van der Waals surface area contributed by atoms with Gasteiger partial charge < -0.3 is 19.7 Å². The Kier molecular flexibility index (Phi) is 5.53. The molecule has 134 valence electrons. The second-order valence-corrected chi connectivity index (χ2v) is 6.07. The Bertz CT molecular complexity index is 723. The lowest BCUT2D eigenvalue weighted by atomic mass is 9.99. The zero-order valence-corrected chi connectivity index (χ0v) is 15.1. The molecule has 1 N–H and O–H groups in total. The number of nitrogens with zero attached hydrogens (tertiary/aromatic N) is 4.